The molecule has 0 aliphatic carbocycles. The van der Waals surface area contributed by atoms with Crippen LogP contribution in [0.5, 0.6) is 17.2 Å². The van der Waals surface area contributed by atoms with Crippen LogP contribution in [-0.4, -0.2) is 55.7 Å². The number of piperidine rings is 1. The van der Waals surface area contributed by atoms with E-state index < -0.39 is 6.10 Å². The lowest BCUT2D eigenvalue weighted by Gasteiger charge is -2.31. The number of aliphatic hydroxyl groups excluding tert-OH is 1. The maximum absolute atomic E-state index is 12.4. The van der Waals surface area contributed by atoms with Gasteiger partial charge in [0.2, 0.25) is 11.7 Å². The molecule has 3 N–H and O–H groups in total. The molecule has 1 fully saturated rings. The van der Waals surface area contributed by atoms with Gasteiger partial charge in [-0.15, -0.1) is 0 Å². The van der Waals surface area contributed by atoms with Gasteiger partial charge < -0.3 is 30.0 Å². The molecule has 0 unspecified atom stereocenters. The number of hydrogen-bond acceptors (Lipinski definition) is 6. The second-order valence-electron chi connectivity index (χ2n) is 6.30. The summed E-state index contributed by atoms with van der Waals surface area (Å²) in [6, 6.07) is 3.27. The lowest BCUT2D eigenvalue weighted by Crippen LogP contribution is -2.45. The number of nitrogens with zero attached hydrogens (tertiary/aromatic N) is 1. The largest absolute Gasteiger partial charge is 0.493 e. The van der Waals surface area contributed by atoms with Gasteiger partial charge in [0.25, 0.3) is 5.91 Å². The molecule has 0 saturated carbocycles. The van der Waals surface area contributed by atoms with Crippen molar-refractivity contribution in [3.63, 3.8) is 0 Å². The molecule has 1 aromatic rings. The van der Waals surface area contributed by atoms with Crippen LogP contribution in [-0.2, 0) is 9.59 Å². The highest BCUT2D eigenvalue weighted by molar-refractivity contribution is 5.81. The molecule has 1 aromatic carbocycles. The van der Waals surface area contributed by atoms with E-state index in [1.165, 1.54) is 14.2 Å². The van der Waals surface area contributed by atoms with Crippen molar-refractivity contribution in [2.45, 2.75) is 25.9 Å². The van der Waals surface area contributed by atoms with E-state index >= 15 is 0 Å². The summed E-state index contributed by atoms with van der Waals surface area (Å²) in [5, 5.41) is 9.76. The average molecular weight is 366 g/mol. The SMILES string of the molecule is COc1cc([C@H](C)O)cc(OC)c1OCC(=O)N1CCC[C@H](C(N)=O)C1. The van der Waals surface area contributed by atoms with Crippen LogP contribution >= 0.6 is 0 Å². The molecule has 0 bridgehead atoms. The number of aliphatic hydroxyl groups is 1. The lowest BCUT2D eigenvalue weighted by molar-refractivity contribution is -0.136. The summed E-state index contributed by atoms with van der Waals surface area (Å²) < 4.78 is 16.3. The smallest absolute Gasteiger partial charge is 0.260 e. The van der Waals surface area contributed by atoms with Gasteiger partial charge in [-0.05, 0) is 37.5 Å². The number of rotatable bonds is 7. The Balaban J connectivity index is 2.10. The predicted octanol–water partition coefficient (Wildman–Crippen LogP) is 0.860. The number of methoxy groups -OCH3 is 2. The summed E-state index contributed by atoms with van der Waals surface area (Å²) in [6.07, 6.45) is 0.727. The molecule has 2 amide bonds. The highest BCUT2D eigenvalue weighted by Gasteiger charge is 2.27. The van der Waals surface area contributed by atoms with E-state index in [0.717, 1.165) is 6.42 Å². The molecule has 8 nitrogen and oxygen atoms in total. The molecule has 0 aromatic heterocycles. The zero-order chi connectivity index (χ0) is 19.3. The van der Waals surface area contributed by atoms with Gasteiger partial charge in [0.15, 0.2) is 18.1 Å². The minimum atomic E-state index is -0.701. The van der Waals surface area contributed by atoms with Gasteiger partial charge in [-0.3, -0.25) is 9.59 Å². The third-order valence-corrected chi connectivity index (χ3v) is 4.48. The zero-order valence-electron chi connectivity index (χ0n) is 15.4. The van der Waals surface area contributed by atoms with Crippen LogP contribution in [0.15, 0.2) is 12.1 Å². The molecule has 0 radical (unpaired) electrons. The Hall–Kier alpha value is -2.48. The molecule has 144 valence electrons. The van der Waals surface area contributed by atoms with E-state index in [4.69, 9.17) is 19.9 Å². The van der Waals surface area contributed by atoms with Crippen molar-refractivity contribution < 1.29 is 28.9 Å². The Morgan fingerprint density at radius 3 is 2.42 bits per heavy atom. The maximum Gasteiger partial charge on any atom is 0.260 e. The highest BCUT2D eigenvalue weighted by Crippen LogP contribution is 2.40. The van der Waals surface area contributed by atoms with Crippen molar-refractivity contribution in [1.82, 2.24) is 4.90 Å². The minimum Gasteiger partial charge on any atom is -0.493 e. The average Bonchev–Trinajstić information content (AvgIpc) is 2.65. The maximum atomic E-state index is 12.4. The van der Waals surface area contributed by atoms with E-state index in [-0.39, 0.29) is 30.1 Å². The number of amides is 2. The number of nitrogens with two attached hydrogens (primary N) is 1. The van der Waals surface area contributed by atoms with E-state index in [1.54, 1.807) is 24.0 Å². The third-order valence-electron chi connectivity index (χ3n) is 4.48. The summed E-state index contributed by atoms with van der Waals surface area (Å²) in [6.45, 7) is 2.30. The zero-order valence-corrected chi connectivity index (χ0v) is 15.4. The second kappa shape index (κ2) is 8.75. The van der Waals surface area contributed by atoms with Gasteiger partial charge >= 0.3 is 0 Å². The van der Waals surface area contributed by atoms with Crippen molar-refractivity contribution in [2.24, 2.45) is 11.7 Å². The summed E-state index contributed by atoms with van der Waals surface area (Å²) in [7, 11) is 2.94. The van der Waals surface area contributed by atoms with E-state index in [2.05, 4.69) is 0 Å². The highest BCUT2D eigenvalue weighted by atomic mass is 16.5. The van der Waals surface area contributed by atoms with Gasteiger partial charge in [-0.1, -0.05) is 0 Å². The third kappa shape index (κ3) is 4.57. The first-order valence-corrected chi connectivity index (χ1v) is 8.51. The Kier molecular flexibility index (Phi) is 6.68. The van der Waals surface area contributed by atoms with Gasteiger partial charge in [0.1, 0.15) is 0 Å². The van der Waals surface area contributed by atoms with E-state index in [1.807, 2.05) is 0 Å². The fourth-order valence-corrected chi connectivity index (χ4v) is 2.94. The van der Waals surface area contributed by atoms with Crippen molar-refractivity contribution >= 4 is 11.8 Å². The van der Waals surface area contributed by atoms with Crippen LogP contribution < -0.4 is 19.9 Å². The topological polar surface area (TPSA) is 111 Å². The van der Waals surface area contributed by atoms with Gasteiger partial charge in [0, 0.05) is 13.1 Å². The lowest BCUT2D eigenvalue weighted by atomic mass is 9.97. The van der Waals surface area contributed by atoms with Crippen LogP contribution in [0, 0.1) is 5.92 Å². The van der Waals surface area contributed by atoms with Crippen LogP contribution in [0.2, 0.25) is 0 Å². The second-order valence-corrected chi connectivity index (χ2v) is 6.30. The molecule has 1 saturated heterocycles. The van der Waals surface area contributed by atoms with Crippen LogP contribution in [0.3, 0.4) is 0 Å². The molecular weight excluding hydrogens is 340 g/mol. The first kappa shape index (κ1) is 19.8. The molecule has 1 heterocycles. The molecule has 1 aliphatic heterocycles. The predicted molar refractivity (Wildman–Crippen MR) is 94.2 cm³/mol. The van der Waals surface area contributed by atoms with Crippen molar-refractivity contribution in [1.29, 1.82) is 0 Å². The van der Waals surface area contributed by atoms with Crippen molar-refractivity contribution in [3.8, 4) is 17.2 Å². The van der Waals surface area contributed by atoms with Gasteiger partial charge in [0.05, 0.1) is 26.2 Å². The summed E-state index contributed by atoms with van der Waals surface area (Å²) in [5.41, 5.74) is 5.96. The fraction of sp³-hybridized carbons (Fsp3) is 0.556. The standard InChI is InChI=1S/C18H26N2O6/c1-11(21)13-7-14(24-2)17(15(8-13)25-3)26-10-16(22)20-6-4-5-12(9-20)18(19)23/h7-8,11-12,21H,4-6,9-10H2,1-3H3,(H2,19,23)/t11-,12-/m0/s1. The van der Waals surface area contributed by atoms with E-state index in [9.17, 15) is 14.7 Å². The number of benzene rings is 1. The first-order chi connectivity index (χ1) is 12.4. The molecular formula is C18H26N2O6. The van der Waals surface area contributed by atoms with E-state index in [0.29, 0.717) is 36.6 Å². The number of primary amides is 1. The molecule has 0 spiro atoms. The fourth-order valence-electron chi connectivity index (χ4n) is 2.94. The number of likely N-dealkylation sites (tertiary alicyclic amines) is 1. The Labute approximate surface area is 152 Å². The number of carbonyl (C=O) groups excluding carboxylic acids is 2. The molecule has 26 heavy (non-hydrogen) atoms. The van der Waals surface area contributed by atoms with Crippen LogP contribution in [0.4, 0.5) is 0 Å². The summed E-state index contributed by atoms with van der Waals surface area (Å²) in [5.74, 6) is 0.0712. The quantitative estimate of drug-likeness (QED) is 0.740. The van der Waals surface area contributed by atoms with Crippen LogP contribution in [0.1, 0.15) is 31.4 Å². The van der Waals surface area contributed by atoms with Gasteiger partial charge in [-0.25, -0.2) is 0 Å². The molecule has 2 atom stereocenters. The minimum absolute atomic E-state index is 0.216. The molecule has 2 rings (SSSR count). The van der Waals surface area contributed by atoms with Gasteiger partial charge in [-0.2, -0.15) is 0 Å². The number of hydrogen-bond donors (Lipinski definition) is 2. The Morgan fingerprint density at radius 2 is 1.92 bits per heavy atom. The summed E-state index contributed by atoms with van der Waals surface area (Å²) in [4.78, 5) is 25.4. The molecule has 1 aliphatic rings. The molecule has 8 heteroatoms. The van der Waals surface area contributed by atoms with Crippen molar-refractivity contribution in [3.05, 3.63) is 17.7 Å². The number of ether oxygens (including phenoxy) is 3. The Morgan fingerprint density at radius 1 is 1.31 bits per heavy atom. The van der Waals surface area contributed by atoms with Crippen LogP contribution in [0.25, 0.3) is 0 Å². The Bertz CT molecular complexity index is 636. The monoisotopic (exact) mass is 366 g/mol. The first-order valence-electron chi connectivity index (χ1n) is 8.51. The normalized spacial score (nSPS) is 18.2. The number of carbonyl (C=O) groups is 2. The van der Waals surface area contributed by atoms with Crippen molar-refractivity contribution in [2.75, 3.05) is 33.9 Å². The summed E-state index contributed by atoms with van der Waals surface area (Å²) >= 11 is 0.